The zero-order valence-corrected chi connectivity index (χ0v) is 16.8. The molecular formula is C15H26Cl2N4O3S. The van der Waals surface area contributed by atoms with Gasteiger partial charge < -0.3 is 27.7 Å². The summed E-state index contributed by atoms with van der Waals surface area (Å²) in [6.07, 6.45) is 0.555. The zero-order valence-electron chi connectivity index (χ0n) is 14.5. The number of hydrogen-bond acceptors (Lipinski definition) is 5. The van der Waals surface area contributed by atoms with Crippen molar-refractivity contribution < 1.29 is 30.4 Å². The summed E-state index contributed by atoms with van der Waals surface area (Å²) in [7, 11) is 0.710. The highest BCUT2D eigenvalue weighted by Crippen LogP contribution is 2.32. The predicted molar refractivity (Wildman–Crippen MR) is 97.8 cm³/mol. The molecule has 0 bridgehead atoms. The molecule has 1 heterocycles. The molecule has 0 aromatic heterocycles. The number of piperazine rings is 1. The van der Waals surface area contributed by atoms with Crippen LogP contribution in [0.5, 0.6) is 5.75 Å². The number of nitrogens with zero attached hydrogens (tertiary/aromatic N) is 2. The number of phenols is 1. The number of benzene rings is 1. The van der Waals surface area contributed by atoms with E-state index in [2.05, 4.69) is 23.7 Å². The van der Waals surface area contributed by atoms with Gasteiger partial charge in [0.1, 0.15) is 5.75 Å². The summed E-state index contributed by atoms with van der Waals surface area (Å²) in [6, 6.07) is 2.55. The Morgan fingerprint density at radius 1 is 1.36 bits per heavy atom. The summed E-state index contributed by atoms with van der Waals surface area (Å²) in [5.74, 6) is -0.239. The van der Waals surface area contributed by atoms with E-state index in [0.717, 1.165) is 37.2 Å². The van der Waals surface area contributed by atoms with Crippen LogP contribution in [0.1, 0.15) is 6.42 Å². The number of phenolic OH excluding ortho intramolecular Hbond substituents is 1. The Balaban J connectivity index is 0.00000312. The normalized spacial score (nSPS) is 17.7. The minimum atomic E-state index is -3.55. The van der Waals surface area contributed by atoms with Crippen molar-refractivity contribution in [2.24, 2.45) is 0 Å². The molecule has 0 aliphatic carbocycles. The molecule has 0 unspecified atom stereocenters. The van der Waals surface area contributed by atoms with E-state index in [1.165, 1.54) is 12.1 Å². The number of halogens is 2. The van der Waals surface area contributed by atoms with Crippen LogP contribution in [0.4, 0.5) is 11.4 Å². The van der Waals surface area contributed by atoms with E-state index in [4.69, 9.17) is 17.3 Å². The van der Waals surface area contributed by atoms with Gasteiger partial charge in [0.15, 0.2) is 0 Å². The van der Waals surface area contributed by atoms with Crippen LogP contribution in [0.25, 0.3) is 0 Å². The zero-order chi connectivity index (χ0) is 18.0. The Morgan fingerprint density at radius 2 is 1.96 bits per heavy atom. The van der Waals surface area contributed by atoms with Gasteiger partial charge in [-0.05, 0) is 13.1 Å². The maximum absolute atomic E-state index is 12.2. The smallest absolute Gasteiger partial charge is 0.233 e. The van der Waals surface area contributed by atoms with Crippen molar-refractivity contribution in [3.63, 3.8) is 0 Å². The molecule has 25 heavy (non-hydrogen) atoms. The van der Waals surface area contributed by atoms with Crippen molar-refractivity contribution in [1.29, 1.82) is 0 Å². The molecule has 1 fully saturated rings. The second-order valence-corrected chi connectivity index (χ2v) is 9.01. The first-order valence-electron chi connectivity index (χ1n) is 7.91. The fourth-order valence-corrected chi connectivity index (χ4v) is 4.06. The molecule has 1 aliphatic heterocycles. The maximum atomic E-state index is 12.2. The number of likely N-dealkylation sites (N-methyl/N-ethyl adjacent to an activating group) is 2. The van der Waals surface area contributed by atoms with Crippen molar-refractivity contribution in [2.45, 2.75) is 6.42 Å². The maximum Gasteiger partial charge on any atom is 0.233 e. The van der Waals surface area contributed by atoms with Gasteiger partial charge in [-0.1, -0.05) is 11.6 Å². The highest BCUT2D eigenvalue weighted by atomic mass is 35.5. The van der Waals surface area contributed by atoms with E-state index in [1.807, 2.05) is 0 Å². The van der Waals surface area contributed by atoms with Crippen LogP contribution in [0.3, 0.4) is 0 Å². The molecule has 1 aliphatic rings. The molecule has 1 aromatic carbocycles. The predicted octanol–water partition coefficient (Wildman–Crippen LogP) is -1.84. The van der Waals surface area contributed by atoms with Crippen LogP contribution in [0, 0.1) is 0 Å². The summed E-state index contributed by atoms with van der Waals surface area (Å²) in [4.78, 5) is 2.28. The first-order valence-corrected chi connectivity index (χ1v) is 9.94. The molecule has 1 aromatic rings. The van der Waals surface area contributed by atoms with Crippen molar-refractivity contribution in [3.8, 4) is 5.75 Å². The number of nitrogens with one attached hydrogen (secondary N) is 1. The molecule has 144 valence electrons. The van der Waals surface area contributed by atoms with E-state index >= 15 is 0 Å². The molecule has 1 saturated heterocycles. The summed E-state index contributed by atoms with van der Waals surface area (Å²) in [5.41, 5.74) is 5.81. The third-order valence-corrected chi connectivity index (χ3v) is 6.22. The molecule has 7 nitrogen and oxygen atoms in total. The third-order valence-electron chi connectivity index (χ3n) is 4.53. The first kappa shape index (κ1) is 22.1. The molecule has 2 rings (SSSR count). The van der Waals surface area contributed by atoms with Gasteiger partial charge in [0.2, 0.25) is 10.0 Å². The summed E-state index contributed by atoms with van der Waals surface area (Å²) in [6.45, 7) is 4.92. The molecule has 0 atom stereocenters. The van der Waals surface area contributed by atoms with Gasteiger partial charge in [-0.25, -0.2) is 8.42 Å². The lowest BCUT2D eigenvalue weighted by atomic mass is 10.2. The van der Waals surface area contributed by atoms with Crippen LogP contribution >= 0.6 is 11.6 Å². The lowest BCUT2D eigenvalue weighted by Gasteiger charge is -2.41. The highest BCUT2D eigenvalue weighted by Gasteiger charge is 2.27. The number of hydrogen-bond donors (Lipinski definition) is 3. The fourth-order valence-electron chi connectivity index (χ4n) is 2.79. The van der Waals surface area contributed by atoms with Crippen molar-refractivity contribution in [3.05, 3.63) is 17.2 Å². The number of nitrogens with two attached hydrogens (primary N) is 1. The average Bonchev–Trinajstić information content (AvgIpc) is 2.48. The minimum Gasteiger partial charge on any atom is -1.00 e. The Bertz CT molecular complexity index is 692. The van der Waals surface area contributed by atoms with Gasteiger partial charge in [0, 0.05) is 25.6 Å². The molecule has 0 amide bonds. The van der Waals surface area contributed by atoms with Gasteiger partial charge in [-0.2, -0.15) is 0 Å². The summed E-state index contributed by atoms with van der Waals surface area (Å²) in [5, 5.41) is 10.00. The Labute approximate surface area is 160 Å². The second kappa shape index (κ2) is 8.64. The third kappa shape index (κ3) is 6.38. The quantitative estimate of drug-likeness (QED) is 0.289. The number of rotatable bonds is 6. The molecule has 0 saturated carbocycles. The number of aromatic hydroxyl groups is 1. The van der Waals surface area contributed by atoms with Crippen LogP contribution in [-0.2, 0) is 10.0 Å². The van der Waals surface area contributed by atoms with E-state index in [0.29, 0.717) is 6.42 Å². The Morgan fingerprint density at radius 3 is 2.56 bits per heavy atom. The topological polar surface area (TPSA) is 95.7 Å². The largest absolute Gasteiger partial charge is 1.00 e. The van der Waals surface area contributed by atoms with Crippen molar-refractivity contribution in [2.75, 3.05) is 63.0 Å². The molecule has 0 radical (unpaired) electrons. The number of nitrogen functional groups attached to an aromatic ring is 1. The first-order chi connectivity index (χ1) is 11.1. The standard InChI is InChI=1S/C15H25ClN4O3S.ClH/c1-19-4-7-20(2,8-5-19)6-3-9-24(22,23)18-14-10-12(16)13(17)11-15(14)21;/h10-11,18H,3-9,17H2,1-2H3;1H. The highest BCUT2D eigenvalue weighted by molar-refractivity contribution is 7.92. The van der Waals surface area contributed by atoms with E-state index < -0.39 is 10.0 Å². The Kier molecular flexibility index (Phi) is 7.64. The monoisotopic (exact) mass is 412 g/mol. The van der Waals surface area contributed by atoms with Gasteiger partial charge in [0.25, 0.3) is 0 Å². The van der Waals surface area contributed by atoms with Crippen LogP contribution < -0.4 is 22.9 Å². The molecular weight excluding hydrogens is 387 g/mol. The van der Waals surface area contributed by atoms with Crippen LogP contribution in [-0.4, -0.2) is 75.5 Å². The molecule has 10 heteroatoms. The lowest BCUT2D eigenvalue weighted by molar-refractivity contribution is -0.913. The SMILES string of the molecule is CN1CC[N+](C)(CCCS(=O)(=O)Nc2cc(Cl)c(N)cc2O)CC1.[Cl-]. The number of anilines is 2. The van der Waals surface area contributed by atoms with Crippen molar-refractivity contribution >= 4 is 33.0 Å². The van der Waals surface area contributed by atoms with Gasteiger partial charge in [-0.15, -0.1) is 0 Å². The molecule has 0 spiro atoms. The summed E-state index contributed by atoms with van der Waals surface area (Å²) < 4.78 is 27.7. The second-order valence-electron chi connectivity index (χ2n) is 6.76. The minimum absolute atomic E-state index is 0. The number of sulfonamides is 1. The fraction of sp³-hybridized carbons (Fsp3) is 0.600. The van der Waals surface area contributed by atoms with Gasteiger partial charge >= 0.3 is 0 Å². The van der Waals surface area contributed by atoms with Gasteiger partial charge in [-0.3, -0.25) is 9.62 Å². The lowest BCUT2D eigenvalue weighted by Crippen LogP contribution is -3.00. The van der Waals surface area contributed by atoms with E-state index in [1.54, 1.807) is 0 Å². The average molecular weight is 413 g/mol. The van der Waals surface area contributed by atoms with Gasteiger partial charge in [0.05, 0.1) is 48.8 Å². The van der Waals surface area contributed by atoms with Crippen molar-refractivity contribution in [1.82, 2.24) is 4.90 Å². The number of quaternary nitrogens is 1. The molecule has 4 N–H and O–H groups in total. The van der Waals surface area contributed by atoms with Crippen LogP contribution in [0.15, 0.2) is 12.1 Å². The van der Waals surface area contributed by atoms with E-state index in [9.17, 15) is 13.5 Å². The van der Waals surface area contributed by atoms with E-state index in [-0.39, 0.29) is 40.3 Å². The summed E-state index contributed by atoms with van der Waals surface area (Å²) >= 11 is 5.87. The van der Waals surface area contributed by atoms with Crippen LogP contribution in [0.2, 0.25) is 5.02 Å². The Hall–Kier alpha value is -0.930.